The van der Waals surface area contributed by atoms with Crippen LogP contribution in [-0.4, -0.2) is 48.0 Å². The Hall–Kier alpha value is -2.73. The molecule has 1 aromatic carbocycles. The fourth-order valence-corrected chi connectivity index (χ4v) is 3.50. The molecule has 3 rings (SSSR count). The summed E-state index contributed by atoms with van der Waals surface area (Å²) in [7, 11) is 0. The van der Waals surface area contributed by atoms with Crippen LogP contribution in [0.3, 0.4) is 0 Å². The van der Waals surface area contributed by atoms with E-state index in [1.165, 1.54) is 6.20 Å². The van der Waals surface area contributed by atoms with E-state index in [9.17, 15) is 9.59 Å². The highest BCUT2D eigenvalue weighted by Gasteiger charge is 2.22. The third kappa shape index (κ3) is 4.82. The number of carbonyl (C=O) groups excluding carboxylic acids is 2. The molecule has 1 aliphatic rings. The van der Waals surface area contributed by atoms with Crippen LogP contribution in [0.15, 0.2) is 36.5 Å². The smallest absolute Gasteiger partial charge is 0.272 e. The first-order chi connectivity index (χ1) is 13.9. The SMILES string of the molecule is CC(C)c1cccc(C(C)C)c1NC(=O)c1ccnc(C(=O)N2CCOCC2)c1. The maximum absolute atomic E-state index is 13.0. The zero-order valence-corrected chi connectivity index (χ0v) is 17.6. The van der Waals surface area contributed by atoms with Gasteiger partial charge in [0.15, 0.2) is 0 Å². The molecule has 0 aliphatic carbocycles. The van der Waals surface area contributed by atoms with Crippen LogP contribution in [-0.2, 0) is 4.74 Å². The van der Waals surface area contributed by atoms with Crippen LogP contribution in [0, 0.1) is 0 Å². The summed E-state index contributed by atoms with van der Waals surface area (Å²) < 4.78 is 5.30. The van der Waals surface area contributed by atoms with E-state index < -0.39 is 0 Å². The Kier molecular flexibility index (Phi) is 6.64. The Morgan fingerprint density at radius 2 is 1.66 bits per heavy atom. The monoisotopic (exact) mass is 395 g/mol. The lowest BCUT2D eigenvalue weighted by Crippen LogP contribution is -2.41. The number of amides is 2. The van der Waals surface area contributed by atoms with Gasteiger partial charge < -0.3 is 15.0 Å². The number of hydrogen-bond donors (Lipinski definition) is 1. The van der Waals surface area contributed by atoms with Crippen LogP contribution >= 0.6 is 0 Å². The summed E-state index contributed by atoms with van der Waals surface area (Å²) >= 11 is 0. The van der Waals surface area contributed by atoms with Gasteiger partial charge in [0, 0.05) is 30.5 Å². The first-order valence-electron chi connectivity index (χ1n) is 10.2. The summed E-state index contributed by atoms with van der Waals surface area (Å²) in [5, 5.41) is 3.09. The number of pyridine rings is 1. The van der Waals surface area contributed by atoms with E-state index in [0.29, 0.717) is 31.9 Å². The fraction of sp³-hybridized carbons (Fsp3) is 0.435. The lowest BCUT2D eigenvalue weighted by atomic mass is 9.92. The van der Waals surface area contributed by atoms with Gasteiger partial charge in [0.1, 0.15) is 5.69 Å². The quantitative estimate of drug-likeness (QED) is 0.829. The molecule has 2 amide bonds. The predicted octanol–water partition coefficient (Wildman–Crippen LogP) is 4.05. The van der Waals surface area contributed by atoms with Crippen LogP contribution in [0.5, 0.6) is 0 Å². The van der Waals surface area contributed by atoms with Gasteiger partial charge in [0.05, 0.1) is 13.2 Å². The van der Waals surface area contributed by atoms with E-state index in [4.69, 9.17) is 4.74 Å². The Morgan fingerprint density at radius 1 is 1.03 bits per heavy atom. The van der Waals surface area contributed by atoms with Crippen molar-refractivity contribution in [3.05, 3.63) is 58.9 Å². The molecule has 0 radical (unpaired) electrons. The number of carbonyl (C=O) groups is 2. The van der Waals surface area contributed by atoms with Gasteiger partial charge in [0.2, 0.25) is 0 Å². The van der Waals surface area contributed by atoms with E-state index >= 15 is 0 Å². The molecule has 0 saturated carbocycles. The van der Waals surface area contributed by atoms with E-state index in [0.717, 1.165) is 16.8 Å². The third-order valence-electron chi connectivity index (χ3n) is 5.15. The molecule has 0 spiro atoms. The van der Waals surface area contributed by atoms with Gasteiger partial charge in [0.25, 0.3) is 11.8 Å². The second-order valence-electron chi connectivity index (χ2n) is 7.91. The van der Waals surface area contributed by atoms with Gasteiger partial charge in [-0.3, -0.25) is 14.6 Å². The Bertz CT molecular complexity index is 860. The molecular weight excluding hydrogens is 366 g/mol. The van der Waals surface area contributed by atoms with Crippen molar-refractivity contribution in [3.63, 3.8) is 0 Å². The number of hydrogen-bond acceptors (Lipinski definition) is 4. The standard InChI is InChI=1S/C23H29N3O3/c1-15(2)18-6-5-7-19(16(3)4)21(18)25-22(27)17-8-9-24-20(14-17)23(28)26-10-12-29-13-11-26/h5-9,14-16H,10-13H2,1-4H3,(H,25,27). The fourth-order valence-electron chi connectivity index (χ4n) is 3.50. The summed E-state index contributed by atoms with van der Waals surface area (Å²) in [4.78, 5) is 31.6. The largest absolute Gasteiger partial charge is 0.378 e. The summed E-state index contributed by atoms with van der Waals surface area (Å²) in [6.45, 7) is 10.6. The van der Waals surface area contributed by atoms with Crippen molar-refractivity contribution in [1.29, 1.82) is 0 Å². The van der Waals surface area contributed by atoms with Gasteiger partial charge in [-0.15, -0.1) is 0 Å². The Balaban J connectivity index is 1.86. The van der Waals surface area contributed by atoms with Gasteiger partial charge in [-0.05, 0) is 35.1 Å². The van der Waals surface area contributed by atoms with Crippen LogP contribution < -0.4 is 5.32 Å². The molecule has 1 aromatic heterocycles. The first-order valence-corrected chi connectivity index (χ1v) is 10.2. The minimum atomic E-state index is -0.238. The van der Waals surface area contributed by atoms with Crippen molar-refractivity contribution in [1.82, 2.24) is 9.88 Å². The number of morpholine rings is 1. The molecule has 6 nitrogen and oxygen atoms in total. The van der Waals surface area contributed by atoms with Crippen molar-refractivity contribution in [2.45, 2.75) is 39.5 Å². The van der Waals surface area contributed by atoms with Crippen LogP contribution in [0.25, 0.3) is 0 Å². The molecule has 1 saturated heterocycles. The minimum absolute atomic E-state index is 0.173. The molecule has 29 heavy (non-hydrogen) atoms. The maximum Gasteiger partial charge on any atom is 0.272 e. The van der Waals surface area contributed by atoms with Crippen LogP contribution in [0.4, 0.5) is 5.69 Å². The van der Waals surface area contributed by atoms with E-state index in [-0.39, 0.29) is 29.3 Å². The molecule has 154 valence electrons. The minimum Gasteiger partial charge on any atom is -0.378 e. The molecule has 1 aliphatic heterocycles. The van der Waals surface area contributed by atoms with E-state index in [2.05, 4.69) is 38.0 Å². The molecule has 2 heterocycles. The van der Waals surface area contributed by atoms with Crippen molar-refractivity contribution < 1.29 is 14.3 Å². The number of anilines is 1. The number of nitrogens with zero attached hydrogens (tertiary/aromatic N) is 2. The zero-order valence-electron chi connectivity index (χ0n) is 17.6. The number of ether oxygens (including phenoxy) is 1. The molecular formula is C23H29N3O3. The van der Waals surface area contributed by atoms with Gasteiger partial charge in [-0.1, -0.05) is 45.9 Å². The number of para-hydroxylation sites is 1. The number of rotatable bonds is 5. The van der Waals surface area contributed by atoms with Crippen LogP contribution in [0.1, 0.15) is 71.5 Å². The average molecular weight is 396 g/mol. The molecule has 1 fully saturated rings. The Labute approximate surface area is 172 Å². The number of aromatic nitrogens is 1. The third-order valence-corrected chi connectivity index (χ3v) is 5.15. The highest BCUT2D eigenvalue weighted by Crippen LogP contribution is 2.32. The highest BCUT2D eigenvalue weighted by molar-refractivity contribution is 6.06. The maximum atomic E-state index is 13.0. The van der Waals surface area contributed by atoms with Gasteiger partial charge in [-0.25, -0.2) is 0 Å². The highest BCUT2D eigenvalue weighted by atomic mass is 16.5. The van der Waals surface area contributed by atoms with Gasteiger partial charge in [-0.2, -0.15) is 0 Å². The summed E-state index contributed by atoms with van der Waals surface area (Å²) in [5.41, 5.74) is 3.76. The van der Waals surface area contributed by atoms with E-state index in [1.54, 1.807) is 17.0 Å². The molecule has 0 atom stereocenters. The Morgan fingerprint density at radius 3 is 2.24 bits per heavy atom. The number of benzene rings is 1. The molecule has 0 unspecified atom stereocenters. The second kappa shape index (κ2) is 9.18. The topological polar surface area (TPSA) is 71.5 Å². The van der Waals surface area contributed by atoms with Crippen molar-refractivity contribution in [2.24, 2.45) is 0 Å². The van der Waals surface area contributed by atoms with Gasteiger partial charge >= 0.3 is 0 Å². The van der Waals surface area contributed by atoms with Crippen molar-refractivity contribution >= 4 is 17.5 Å². The molecule has 1 N–H and O–H groups in total. The molecule has 0 bridgehead atoms. The average Bonchev–Trinajstić information content (AvgIpc) is 2.73. The molecule has 2 aromatic rings. The second-order valence-corrected chi connectivity index (χ2v) is 7.91. The summed E-state index contributed by atoms with van der Waals surface area (Å²) in [6, 6.07) is 9.34. The lowest BCUT2D eigenvalue weighted by Gasteiger charge is -2.26. The normalized spacial score (nSPS) is 14.3. The van der Waals surface area contributed by atoms with Crippen LogP contribution in [0.2, 0.25) is 0 Å². The summed E-state index contributed by atoms with van der Waals surface area (Å²) in [6.07, 6.45) is 1.51. The lowest BCUT2D eigenvalue weighted by molar-refractivity contribution is 0.0299. The zero-order chi connectivity index (χ0) is 21.0. The number of nitrogens with one attached hydrogen (secondary N) is 1. The molecule has 6 heteroatoms. The predicted molar refractivity (Wildman–Crippen MR) is 114 cm³/mol. The van der Waals surface area contributed by atoms with E-state index in [1.807, 2.05) is 18.2 Å². The first kappa shape index (κ1) is 21.0. The summed E-state index contributed by atoms with van der Waals surface area (Å²) in [5.74, 6) is 0.145. The van der Waals surface area contributed by atoms with Crippen molar-refractivity contribution in [2.75, 3.05) is 31.6 Å². The van der Waals surface area contributed by atoms with Crippen molar-refractivity contribution in [3.8, 4) is 0 Å².